The maximum absolute atomic E-state index is 13.2. The van der Waals surface area contributed by atoms with E-state index in [4.69, 9.17) is 48.0 Å². The summed E-state index contributed by atoms with van der Waals surface area (Å²) in [5.41, 5.74) is 7.87. The van der Waals surface area contributed by atoms with Gasteiger partial charge in [0.15, 0.2) is 17.1 Å². The molecule has 6 aromatic rings. The van der Waals surface area contributed by atoms with E-state index in [1.807, 2.05) is 44.2 Å². The third kappa shape index (κ3) is 8.89. The summed E-state index contributed by atoms with van der Waals surface area (Å²) in [6, 6.07) is 24.6. The average Bonchev–Trinajstić information content (AvgIpc) is 3.91. The normalized spacial score (nSPS) is 15.5. The highest BCUT2D eigenvalue weighted by Crippen LogP contribution is 2.38. The van der Waals surface area contributed by atoms with E-state index < -0.39 is 0 Å². The Balaban J connectivity index is 0.000000184. The van der Waals surface area contributed by atoms with Gasteiger partial charge in [0.1, 0.15) is 11.4 Å². The molecule has 4 heterocycles. The Morgan fingerprint density at radius 2 is 1.08 bits per heavy atom. The standard InChI is InChI=1S/C23H18ClN5O2.C22H18ClIN4O2/c1-14-11-28(12-15-4-6-18(25-2)7-5-15)23(31)21-10-20(27-29(14)21)22-16(13-30)8-17(24)9-19(22)26-3;1-13-10-27(11-14-3-5-17(25-2)6-4-14)22(30)20-9-19(26-28(13)20)21-15(12-29)7-16(23)8-18(21)24/h4-10,14,30H,11-13H2,1H3;3-9,13,29H,10-12H2,1H3/t14-;13-/m00/s1. The van der Waals surface area contributed by atoms with Gasteiger partial charge in [-0.25, -0.2) is 14.5 Å². The van der Waals surface area contributed by atoms with Gasteiger partial charge in [-0.05, 0) is 95.1 Å². The van der Waals surface area contributed by atoms with Crippen LogP contribution in [0, 0.1) is 23.3 Å². The minimum absolute atomic E-state index is 0.0107. The summed E-state index contributed by atoms with van der Waals surface area (Å²) in [6.45, 7) is 27.1. The summed E-state index contributed by atoms with van der Waals surface area (Å²) in [7, 11) is 0. The van der Waals surface area contributed by atoms with Gasteiger partial charge in [-0.1, -0.05) is 71.7 Å². The van der Waals surface area contributed by atoms with Crippen molar-refractivity contribution in [1.29, 1.82) is 0 Å². The van der Waals surface area contributed by atoms with Crippen molar-refractivity contribution < 1.29 is 19.8 Å². The first-order valence-corrected chi connectivity index (χ1v) is 20.8. The predicted molar refractivity (Wildman–Crippen MR) is 240 cm³/mol. The zero-order chi connectivity index (χ0) is 43.5. The zero-order valence-electron chi connectivity index (χ0n) is 32.8. The Labute approximate surface area is 376 Å². The van der Waals surface area contributed by atoms with Gasteiger partial charge in [-0.15, -0.1) is 0 Å². The largest absolute Gasteiger partial charge is 0.392 e. The van der Waals surface area contributed by atoms with Crippen molar-refractivity contribution in [2.75, 3.05) is 13.1 Å². The monoisotopic (exact) mass is 963 g/mol. The molecular formula is C45H36Cl2IN9O4. The molecule has 61 heavy (non-hydrogen) atoms. The highest BCUT2D eigenvalue weighted by Gasteiger charge is 2.33. The molecular weight excluding hydrogens is 928 g/mol. The van der Waals surface area contributed by atoms with Crippen molar-refractivity contribution in [3.63, 3.8) is 0 Å². The van der Waals surface area contributed by atoms with E-state index >= 15 is 0 Å². The van der Waals surface area contributed by atoms with Crippen LogP contribution in [0.4, 0.5) is 17.1 Å². The molecule has 8 rings (SSSR count). The number of halogens is 3. The van der Waals surface area contributed by atoms with Crippen LogP contribution in [-0.4, -0.2) is 64.5 Å². The Hall–Kier alpha value is -6.06. The molecule has 2 N–H and O–H groups in total. The number of aromatic nitrogens is 4. The number of fused-ring (bicyclic) bond motifs is 2. The van der Waals surface area contributed by atoms with E-state index in [1.54, 1.807) is 67.7 Å². The summed E-state index contributed by atoms with van der Waals surface area (Å²) in [4.78, 5) is 40.2. The second kappa shape index (κ2) is 18.3. The first kappa shape index (κ1) is 43.0. The second-order valence-electron chi connectivity index (χ2n) is 14.7. The Bertz CT molecular complexity index is 2800. The van der Waals surface area contributed by atoms with Crippen LogP contribution < -0.4 is 0 Å². The molecule has 2 aliphatic heterocycles. The van der Waals surface area contributed by atoms with E-state index in [2.05, 4.69) is 42.2 Å². The van der Waals surface area contributed by atoms with Crippen molar-refractivity contribution in [1.82, 2.24) is 29.4 Å². The molecule has 306 valence electrons. The molecule has 2 aromatic heterocycles. The van der Waals surface area contributed by atoms with Crippen molar-refractivity contribution in [2.24, 2.45) is 0 Å². The average molecular weight is 965 g/mol. The maximum Gasteiger partial charge on any atom is 0.272 e. The molecule has 4 aromatic carbocycles. The molecule has 0 saturated heterocycles. The zero-order valence-corrected chi connectivity index (χ0v) is 36.5. The Morgan fingerprint density at radius 3 is 1.51 bits per heavy atom. The van der Waals surface area contributed by atoms with Crippen molar-refractivity contribution in [2.45, 2.75) is 52.2 Å². The van der Waals surface area contributed by atoms with Gasteiger partial charge >= 0.3 is 0 Å². The molecule has 2 amide bonds. The number of rotatable bonds is 8. The van der Waals surface area contributed by atoms with Crippen LogP contribution in [0.15, 0.2) is 84.9 Å². The minimum Gasteiger partial charge on any atom is -0.392 e. The SMILES string of the molecule is [C-]#[N+]c1ccc(CN2C[C@H](C)n3nc(-c4c(CO)cc(Cl)cc4[N+]#[C-])cc3C2=O)cc1.[C-]#[N+]c1ccc(CN2C[C@H](C)n3nc(-c4c(I)cc(Cl)cc4CO)cc3C2=O)cc1. The number of amides is 2. The number of benzene rings is 4. The number of hydrogen-bond donors (Lipinski definition) is 2. The fourth-order valence-electron chi connectivity index (χ4n) is 7.57. The van der Waals surface area contributed by atoms with E-state index in [1.165, 1.54) is 6.07 Å². The van der Waals surface area contributed by atoms with Crippen LogP contribution in [-0.2, 0) is 26.3 Å². The summed E-state index contributed by atoms with van der Waals surface area (Å²) in [5, 5.41) is 29.8. The summed E-state index contributed by atoms with van der Waals surface area (Å²) in [6.07, 6.45) is 0. The smallest absolute Gasteiger partial charge is 0.272 e. The summed E-state index contributed by atoms with van der Waals surface area (Å²) >= 11 is 14.4. The van der Waals surface area contributed by atoms with Crippen LogP contribution in [0.1, 0.15) is 69.2 Å². The number of aliphatic hydroxyl groups is 2. The molecule has 0 spiro atoms. The lowest BCUT2D eigenvalue weighted by Gasteiger charge is -2.31. The van der Waals surface area contributed by atoms with Gasteiger partial charge in [-0.3, -0.25) is 19.0 Å². The molecule has 13 nitrogen and oxygen atoms in total. The Kier molecular flexibility index (Phi) is 12.9. The van der Waals surface area contributed by atoms with Crippen LogP contribution in [0.3, 0.4) is 0 Å². The molecule has 0 saturated carbocycles. The fourth-order valence-corrected chi connectivity index (χ4v) is 9.19. The fraction of sp³-hybridized carbons (Fsp3) is 0.222. The number of aliphatic hydroxyl groups excluding tert-OH is 2. The van der Waals surface area contributed by atoms with Crippen LogP contribution >= 0.6 is 45.8 Å². The number of nitrogens with zero attached hydrogens (tertiary/aromatic N) is 9. The molecule has 2 aliphatic rings. The third-order valence-corrected chi connectivity index (χ3v) is 11.7. The first-order valence-electron chi connectivity index (χ1n) is 19.0. The quantitative estimate of drug-likeness (QED) is 0.115. The molecule has 16 heteroatoms. The van der Waals surface area contributed by atoms with Crippen LogP contribution in [0.25, 0.3) is 37.0 Å². The van der Waals surface area contributed by atoms with Gasteiger partial charge in [0.2, 0.25) is 0 Å². The van der Waals surface area contributed by atoms with E-state index in [0.717, 1.165) is 20.3 Å². The molecule has 0 radical (unpaired) electrons. The van der Waals surface area contributed by atoms with Crippen molar-refractivity contribution in [3.8, 4) is 22.5 Å². The highest BCUT2D eigenvalue weighted by molar-refractivity contribution is 14.1. The van der Waals surface area contributed by atoms with Gasteiger partial charge in [0, 0.05) is 50.9 Å². The third-order valence-electron chi connectivity index (χ3n) is 10.4. The maximum atomic E-state index is 13.2. The van der Waals surface area contributed by atoms with Gasteiger partial charge in [-0.2, -0.15) is 10.2 Å². The lowest BCUT2D eigenvalue weighted by molar-refractivity contribution is 0.0645. The topological polar surface area (TPSA) is 130 Å². The first-order chi connectivity index (χ1) is 29.3. The number of carbonyl (C=O) groups is 2. The predicted octanol–water partition coefficient (Wildman–Crippen LogP) is 10.1. The Morgan fingerprint density at radius 1 is 0.656 bits per heavy atom. The van der Waals surface area contributed by atoms with Crippen LogP contribution in [0.2, 0.25) is 10.0 Å². The van der Waals surface area contributed by atoms with E-state index in [-0.39, 0.29) is 42.8 Å². The van der Waals surface area contributed by atoms with Gasteiger partial charge in [0.25, 0.3) is 11.8 Å². The molecule has 0 bridgehead atoms. The molecule has 0 aliphatic carbocycles. The lowest BCUT2D eigenvalue weighted by Crippen LogP contribution is -2.41. The number of carbonyl (C=O) groups excluding carboxylic acids is 2. The highest BCUT2D eigenvalue weighted by atomic mass is 127. The number of hydrogen-bond acceptors (Lipinski definition) is 6. The summed E-state index contributed by atoms with van der Waals surface area (Å²) in [5.74, 6) is -0.245. The molecule has 0 fully saturated rings. The van der Waals surface area contributed by atoms with Gasteiger partial charge in [0.05, 0.1) is 56.4 Å². The van der Waals surface area contributed by atoms with E-state index in [9.17, 15) is 19.8 Å². The van der Waals surface area contributed by atoms with Crippen molar-refractivity contribution >= 4 is 74.7 Å². The van der Waals surface area contributed by atoms with Gasteiger partial charge < -0.3 is 20.0 Å². The lowest BCUT2D eigenvalue weighted by atomic mass is 10.0. The molecule has 2 atom stereocenters. The second-order valence-corrected chi connectivity index (χ2v) is 16.7. The van der Waals surface area contributed by atoms with Crippen molar-refractivity contribution in [3.05, 3.63) is 166 Å². The minimum atomic E-state index is -0.295. The summed E-state index contributed by atoms with van der Waals surface area (Å²) < 4.78 is 4.32. The van der Waals surface area contributed by atoms with Crippen LogP contribution in [0.5, 0.6) is 0 Å². The molecule has 0 unspecified atom stereocenters. The van der Waals surface area contributed by atoms with E-state index in [0.29, 0.717) is 87.1 Å².